The zero-order chi connectivity index (χ0) is 20.4. The number of H-pyrrole nitrogens is 1. The summed E-state index contributed by atoms with van der Waals surface area (Å²) in [6, 6.07) is 16.0. The van der Waals surface area contributed by atoms with Crippen LogP contribution in [-0.2, 0) is 4.74 Å². The van der Waals surface area contributed by atoms with Gasteiger partial charge in [0.05, 0.1) is 24.4 Å². The Morgan fingerprint density at radius 2 is 1.83 bits per heavy atom. The molecule has 2 N–H and O–H groups in total. The van der Waals surface area contributed by atoms with Crippen molar-refractivity contribution in [3.8, 4) is 11.1 Å². The zero-order valence-corrected chi connectivity index (χ0v) is 15.4. The number of carbonyl (C=O) groups is 2. The van der Waals surface area contributed by atoms with Crippen molar-refractivity contribution in [2.24, 2.45) is 0 Å². The van der Waals surface area contributed by atoms with Gasteiger partial charge in [0.15, 0.2) is 0 Å². The monoisotopic (exact) mass is 389 g/mol. The number of hydrogen-bond donors (Lipinski definition) is 2. The third-order valence-electron chi connectivity index (χ3n) is 4.56. The number of aromatic nitrogens is 2. The normalized spacial score (nSPS) is 10.7. The minimum absolute atomic E-state index is 0.264. The maximum absolute atomic E-state index is 14.5. The molecule has 29 heavy (non-hydrogen) atoms. The molecule has 0 fully saturated rings. The fourth-order valence-electron chi connectivity index (χ4n) is 3.18. The first-order valence-electron chi connectivity index (χ1n) is 8.79. The van der Waals surface area contributed by atoms with Crippen molar-refractivity contribution < 1.29 is 18.7 Å². The Hall–Kier alpha value is -4.00. The molecule has 4 rings (SSSR count). The number of aromatic amines is 1. The number of halogens is 1. The second-order valence-corrected chi connectivity index (χ2v) is 6.33. The third kappa shape index (κ3) is 3.45. The van der Waals surface area contributed by atoms with Gasteiger partial charge >= 0.3 is 5.97 Å². The average molecular weight is 389 g/mol. The highest BCUT2D eigenvalue weighted by Crippen LogP contribution is 2.36. The Morgan fingerprint density at radius 3 is 2.62 bits per heavy atom. The van der Waals surface area contributed by atoms with Crippen LogP contribution in [0.5, 0.6) is 0 Å². The van der Waals surface area contributed by atoms with Crippen molar-refractivity contribution in [2.75, 3.05) is 12.4 Å². The lowest BCUT2D eigenvalue weighted by atomic mass is 9.99. The summed E-state index contributed by atoms with van der Waals surface area (Å²) in [6.45, 7) is 0. The molecule has 0 aliphatic heterocycles. The van der Waals surface area contributed by atoms with E-state index in [4.69, 9.17) is 4.74 Å². The van der Waals surface area contributed by atoms with E-state index in [2.05, 4.69) is 15.5 Å². The van der Waals surface area contributed by atoms with Gasteiger partial charge in [-0.15, -0.1) is 0 Å². The standard InChI is InChI=1S/C22H16FN3O3/c1-29-22(28)14-6-4-5-13(11-14)21(27)25-19-10-9-18-16(12-24-26-18)20(19)15-7-2-3-8-17(15)23/h2-12H,1H3,(H,24,26)(H,25,27). The van der Waals surface area contributed by atoms with E-state index in [0.717, 1.165) is 0 Å². The van der Waals surface area contributed by atoms with Crippen LogP contribution in [0.1, 0.15) is 20.7 Å². The maximum Gasteiger partial charge on any atom is 0.337 e. The fraction of sp³-hybridized carbons (Fsp3) is 0.0455. The van der Waals surface area contributed by atoms with Crippen molar-refractivity contribution >= 4 is 28.5 Å². The van der Waals surface area contributed by atoms with Crippen LogP contribution in [0.3, 0.4) is 0 Å². The van der Waals surface area contributed by atoms with Gasteiger partial charge < -0.3 is 10.1 Å². The molecule has 0 radical (unpaired) electrons. The van der Waals surface area contributed by atoms with Gasteiger partial charge in [0.1, 0.15) is 5.82 Å². The molecule has 0 saturated carbocycles. The van der Waals surface area contributed by atoms with Crippen molar-refractivity contribution in [1.82, 2.24) is 10.2 Å². The Labute approximate surface area is 165 Å². The van der Waals surface area contributed by atoms with Gasteiger partial charge in [-0.3, -0.25) is 9.89 Å². The number of fused-ring (bicyclic) bond motifs is 1. The molecular weight excluding hydrogens is 373 g/mol. The number of anilines is 1. The zero-order valence-electron chi connectivity index (χ0n) is 15.4. The summed E-state index contributed by atoms with van der Waals surface area (Å²) in [4.78, 5) is 24.6. The Morgan fingerprint density at radius 1 is 1.03 bits per heavy atom. The van der Waals surface area contributed by atoms with Gasteiger partial charge in [-0.05, 0) is 36.4 Å². The van der Waals surface area contributed by atoms with Crippen molar-refractivity contribution in [3.05, 3.63) is 83.8 Å². The highest BCUT2D eigenvalue weighted by atomic mass is 19.1. The van der Waals surface area contributed by atoms with E-state index in [9.17, 15) is 14.0 Å². The lowest BCUT2D eigenvalue weighted by molar-refractivity contribution is 0.0600. The molecule has 7 heteroatoms. The van der Waals surface area contributed by atoms with E-state index in [1.807, 2.05) is 0 Å². The summed E-state index contributed by atoms with van der Waals surface area (Å²) in [5.41, 5.74) is 2.55. The van der Waals surface area contributed by atoms with Gasteiger partial charge in [0, 0.05) is 27.8 Å². The van der Waals surface area contributed by atoms with Crippen LogP contribution in [0.4, 0.5) is 10.1 Å². The summed E-state index contributed by atoms with van der Waals surface area (Å²) >= 11 is 0. The Bertz CT molecular complexity index is 1230. The number of esters is 1. The lowest BCUT2D eigenvalue weighted by Gasteiger charge is -2.14. The first kappa shape index (κ1) is 18.4. The molecular formula is C22H16FN3O3. The summed E-state index contributed by atoms with van der Waals surface area (Å²) in [5, 5.41) is 10.4. The van der Waals surface area contributed by atoms with Crippen LogP contribution in [0, 0.1) is 5.82 Å². The quantitative estimate of drug-likeness (QED) is 0.507. The summed E-state index contributed by atoms with van der Waals surface area (Å²) < 4.78 is 19.2. The van der Waals surface area contributed by atoms with Crippen LogP contribution in [-0.4, -0.2) is 29.2 Å². The molecule has 0 bridgehead atoms. The second kappa shape index (κ2) is 7.55. The molecule has 0 saturated heterocycles. The van der Waals surface area contributed by atoms with Gasteiger partial charge in [-0.1, -0.05) is 24.3 Å². The Kier molecular flexibility index (Phi) is 4.78. The molecule has 0 spiro atoms. The summed E-state index contributed by atoms with van der Waals surface area (Å²) in [5.74, 6) is -1.38. The molecule has 3 aromatic carbocycles. The molecule has 0 aliphatic carbocycles. The largest absolute Gasteiger partial charge is 0.465 e. The minimum Gasteiger partial charge on any atom is -0.465 e. The molecule has 0 aliphatic rings. The van der Waals surface area contributed by atoms with Crippen molar-refractivity contribution in [3.63, 3.8) is 0 Å². The number of ether oxygens (including phenoxy) is 1. The smallest absolute Gasteiger partial charge is 0.337 e. The molecule has 1 heterocycles. The maximum atomic E-state index is 14.5. The number of nitrogens with zero attached hydrogens (tertiary/aromatic N) is 1. The van der Waals surface area contributed by atoms with E-state index >= 15 is 0 Å². The van der Waals surface area contributed by atoms with Gasteiger partial charge in [-0.2, -0.15) is 5.10 Å². The molecule has 1 aromatic heterocycles. The molecule has 4 aromatic rings. The molecule has 6 nitrogen and oxygen atoms in total. The van der Waals surface area contributed by atoms with Gasteiger partial charge in [0.25, 0.3) is 5.91 Å². The third-order valence-corrected chi connectivity index (χ3v) is 4.56. The first-order chi connectivity index (χ1) is 14.1. The van der Waals surface area contributed by atoms with E-state index in [0.29, 0.717) is 27.7 Å². The van der Waals surface area contributed by atoms with E-state index < -0.39 is 17.7 Å². The highest BCUT2D eigenvalue weighted by molar-refractivity contribution is 6.11. The van der Waals surface area contributed by atoms with Crippen LogP contribution in [0.25, 0.3) is 22.0 Å². The predicted molar refractivity (Wildman–Crippen MR) is 107 cm³/mol. The molecule has 1 amide bonds. The van der Waals surface area contributed by atoms with Crippen molar-refractivity contribution in [2.45, 2.75) is 0 Å². The highest BCUT2D eigenvalue weighted by Gasteiger charge is 2.18. The number of carbonyl (C=O) groups excluding carboxylic acids is 2. The van der Waals surface area contributed by atoms with Gasteiger partial charge in [-0.25, -0.2) is 9.18 Å². The fourth-order valence-corrected chi connectivity index (χ4v) is 3.18. The van der Waals surface area contributed by atoms with Crippen LogP contribution < -0.4 is 5.32 Å². The summed E-state index contributed by atoms with van der Waals surface area (Å²) in [6.07, 6.45) is 1.59. The molecule has 144 valence electrons. The Balaban J connectivity index is 1.77. The predicted octanol–water partition coefficient (Wildman–Crippen LogP) is 4.41. The number of hydrogen-bond acceptors (Lipinski definition) is 4. The minimum atomic E-state index is -0.536. The molecule has 0 unspecified atom stereocenters. The van der Waals surface area contributed by atoms with Crippen LogP contribution >= 0.6 is 0 Å². The topological polar surface area (TPSA) is 84.1 Å². The van der Waals surface area contributed by atoms with E-state index in [1.54, 1.807) is 54.7 Å². The summed E-state index contributed by atoms with van der Waals surface area (Å²) in [7, 11) is 1.27. The number of nitrogens with one attached hydrogen (secondary N) is 2. The lowest BCUT2D eigenvalue weighted by Crippen LogP contribution is -2.14. The first-order valence-corrected chi connectivity index (χ1v) is 8.79. The SMILES string of the molecule is COC(=O)c1cccc(C(=O)Nc2ccc3[nH]ncc3c2-c2ccccc2F)c1. The van der Waals surface area contributed by atoms with E-state index in [-0.39, 0.29) is 11.1 Å². The molecule has 0 atom stereocenters. The van der Waals surface area contributed by atoms with E-state index in [1.165, 1.54) is 19.2 Å². The van der Waals surface area contributed by atoms with Gasteiger partial charge in [0.2, 0.25) is 0 Å². The second-order valence-electron chi connectivity index (χ2n) is 6.33. The number of rotatable bonds is 4. The van der Waals surface area contributed by atoms with Crippen molar-refractivity contribution in [1.29, 1.82) is 0 Å². The number of benzene rings is 3. The average Bonchev–Trinajstić information content (AvgIpc) is 3.22. The number of amides is 1. The number of methoxy groups -OCH3 is 1. The van der Waals surface area contributed by atoms with Crippen LogP contribution in [0.2, 0.25) is 0 Å². The van der Waals surface area contributed by atoms with Crippen LogP contribution in [0.15, 0.2) is 66.9 Å².